The molecule has 1 aliphatic rings. The van der Waals surface area contributed by atoms with E-state index >= 15 is 0 Å². The molecule has 2 amide bonds. The zero-order valence-corrected chi connectivity index (χ0v) is 11.1. The minimum absolute atomic E-state index is 0.0733. The fourth-order valence-electron chi connectivity index (χ4n) is 1.85. The normalized spacial score (nSPS) is 19.2. The maximum Gasteiger partial charge on any atom is 0.256 e. The van der Waals surface area contributed by atoms with E-state index in [1.165, 1.54) is 12.1 Å². The van der Waals surface area contributed by atoms with Crippen molar-refractivity contribution >= 4 is 27.7 Å². The second-order valence-electron chi connectivity index (χ2n) is 4.06. The third kappa shape index (κ3) is 2.69. The van der Waals surface area contributed by atoms with Crippen LogP contribution in [0.4, 0.5) is 4.39 Å². The van der Waals surface area contributed by atoms with Gasteiger partial charge in [0.05, 0.1) is 5.56 Å². The second kappa shape index (κ2) is 5.48. The Hall–Kier alpha value is -1.43. The lowest BCUT2D eigenvalue weighted by atomic mass is 10.1. The smallest absolute Gasteiger partial charge is 0.256 e. The van der Waals surface area contributed by atoms with E-state index < -0.39 is 17.8 Å². The number of carbonyl (C=O) groups excluding carboxylic acids is 2. The molecule has 0 bridgehead atoms. The van der Waals surface area contributed by atoms with Crippen LogP contribution in [0.5, 0.6) is 0 Å². The average Bonchev–Trinajstić information content (AvgIpc) is 2.32. The molecule has 4 nitrogen and oxygen atoms in total. The number of hydrogen-bond acceptors (Lipinski definition) is 2. The molecule has 0 saturated carbocycles. The van der Waals surface area contributed by atoms with Crippen molar-refractivity contribution in [3.8, 4) is 0 Å². The van der Waals surface area contributed by atoms with Crippen molar-refractivity contribution in [2.75, 3.05) is 6.54 Å². The van der Waals surface area contributed by atoms with Crippen LogP contribution in [0.25, 0.3) is 0 Å². The fourth-order valence-corrected chi connectivity index (χ4v) is 2.38. The highest BCUT2D eigenvalue weighted by atomic mass is 79.9. The summed E-state index contributed by atoms with van der Waals surface area (Å²) in [4.78, 5) is 23.4. The molecule has 0 aliphatic carbocycles. The molecule has 96 valence electrons. The van der Waals surface area contributed by atoms with Crippen LogP contribution < -0.4 is 10.6 Å². The molecule has 1 aliphatic heterocycles. The van der Waals surface area contributed by atoms with Gasteiger partial charge in [0.15, 0.2) is 0 Å². The summed E-state index contributed by atoms with van der Waals surface area (Å²) in [6.45, 7) is 0.620. The monoisotopic (exact) mass is 314 g/mol. The van der Waals surface area contributed by atoms with Crippen molar-refractivity contribution in [3.63, 3.8) is 0 Å². The highest BCUT2D eigenvalue weighted by molar-refractivity contribution is 9.10. The van der Waals surface area contributed by atoms with Crippen molar-refractivity contribution < 1.29 is 14.0 Å². The van der Waals surface area contributed by atoms with E-state index in [1.54, 1.807) is 6.07 Å². The Morgan fingerprint density at radius 3 is 2.94 bits per heavy atom. The maximum atomic E-state index is 13.6. The van der Waals surface area contributed by atoms with Gasteiger partial charge in [0.2, 0.25) is 5.91 Å². The number of amides is 2. The van der Waals surface area contributed by atoms with Crippen molar-refractivity contribution in [3.05, 3.63) is 34.1 Å². The Morgan fingerprint density at radius 2 is 2.28 bits per heavy atom. The van der Waals surface area contributed by atoms with Gasteiger partial charge in [-0.1, -0.05) is 6.07 Å². The van der Waals surface area contributed by atoms with Crippen molar-refractivity contribution in [2.45, 2.75) is 18.9 Å². The van der Waals surface area contributed by atoms with E-state index in [4.69, 9.17) is 0 Å². The Balaban J connectivity index is 2.14. The van der Waals surface area contributed by atoms with Crippen molar-refractivity contribution in [1.29, 1.82) is 0 Å². The van der Waals surface area contributed by atoms with Gasteiger partial charge in [0, 0.05) is 11.0 Å². The Bertz CT molecular complexity index is 473. The number of piperidine rings is 1. The van der Waals surface area contributed by atoms with Gasteiger partial charge in [-0.25, -0.2) is 4.39 Å². The molecule has 1 heterocycles. The minimum Gasteiger partial charge on any atom is -0.354 e. The molecule has 1 fully saturated rings. The number of hydrogen-bond donors (Lipinski definition) is 2. The molecule has 1 atom stereocenters. The number of carbonyl (C=O) groups is 2. The number of halogens is 2. The van der Waals surface area contributed by atoms with Crippen molar-refractivity contribution in [2.24, 2.45) is 0 Å². The van der Waals surface area contributed by atoms with Gasteiger partial charge in [-0.15, -0.1) is 0 Å². The molecular weight excluding hydrogens is 303 g/mol. The summed E-state index contributed by atoms with van der Waals surface area (Å²) in [5.74, 6) is -1.41. The fraction of sp³-hybridized carbons (Fsp3) is 0.333. The first kappa shape index (κ1) is 13.0. The van der Waals surface area contributed by atoms with E-state index in [0.717, 1.165) is 6.42 Å². The third-order valence-electron chi connectivity index (χ3n) is 2.78. The lowest BCUT2D eigenvalue weighted by molar-refractivity contribution is -0.124. The molecule has 0 radical (unpaired) electrons. The predicted molar refractivity (Wildman–Crippen MR) is 67.6 cm³/mol. The van der Waals surface area contributed by atoms with Gasteiger partial charge in [-0.05, 0) is 40.9 Å². The van der Waals surface area contributed by atoms with Crippen molar-refractivity contribution in [1.82, 2.24) is 10.6 Å². The highest BCUT2D eigenvalue weighted by Crippen LogP contribution is 2.19. The van der Waals surface area contributed by atoms with Crippen LogP contribution in [0.1, 0.15) is 23.2 Å². The molecule has 18 heavy (non-hydrogen) atoms. The summed E-state index contributed by atoms with van der Waals surface area (Å²) in [6.07, 6.45) is 1.37. The van der Waals surface area contributed by atoms with Gasteiger partial charge in [0.25, 0.3) is 5.91 Å². The molecule has 1 aromatic carbocycles. The van der Waals surface area contributed by atoms with Crippen LogP contribution in [-0.4, -0.2) is 24.4 Å². The lowest BCUT2D eigenvalue weighted by Gasteiger charge is -2.23. The number of nitrogens with one attached hydrogen (secondary N) is 2. The summed E-state index contributed by atoms with van der Waals surface area (Å²) >= 11 is 3.13. The average molecular weight is 315 g/mol. The van der Waals surface area contributed by atoms with Crippen LogP contribution >= 0.6 is 15.9 Å². The molecule has 0 spiro atoms. The van der Waals surface area contributed by atoms with Gasteiger partial charge >= 0.3 is 0 Å². The third-order valence-corrected chi connectivity index (χ3v) is 3.44. The molecule has 1 unspecified atom stereocenters. The van der Waals surface area contributed by atoms with Gasteiger partial charge < -0.3 is 10.6 Å². The van der Waals surface area contributed by atoms with Crippen LogP contribution in [0.2, 0.25) is 0 Å². The molecule has 1 aromatic rings. The summed E-state index contributed by atoms with van der Waals surface area (Å²) in [6, 6.07) is 3.71. The maximum absolute atomic E-state index is 13.6. The zero-order valence-electron chi connectivity index (χ0n) is 9.50. The first-order valence-electron chi connectivity index (χ1n) is 5.62. The SMILES string of the molecule is O=C(NC1CCCNC1=O)c1c(F)cccc1Br. The van der Waals surface area contributed by atoms with Crippen LogP contribution in [0.15, 0.2) is 22.7 Å². The summed E-state index contributed by atoms with van der Waals surface area (Å²) in [5, 5.41) is 5.20. The predicted octanol–water partition coefficient (Wildman–Crippen LogP) is 1.60. The molecule has 2 N–H and O–H groups in total. The number of rotatable bonds is 2. The summed E-state index contributed by atoms with van der Waals surface area (Å²) < 4.78 is 13.9. The lowest BCUT2D eigenvalue weighted by Crippen LogP contribution is -2.50. The van der Waals surface area contributed by atoms with Crippen LogP contribution in [0.3, 0.4) is 0 Å². The quantitative estimate of drug-likeness (QED) is 0.871. The Kier molecular flexibility index (Phi) is 3.96. The Morgan fingerprint density at radius 1 is 1.50 bits per heavy atom. The van der Waals surface area contributed by atoms with E-state index in [0.29, 0.717) is 17.4 Å². The Labute approximate surface area is 112 Å². The molecule has 6 heteroatoms. The van der Waals surface area contributed by atoms with Gasteiger partial charge in [0.1, 0.15) is 11.9 Å². The molecule has 0 aromatic heterocycles. The highest BCUT2D eigenvalue weighted by Gasteiger charge is 2.25. The molecule has 1 saturated heterocycles. The van der Waals surface area contributed by atoms with E-state index in [-0.39, 0.29) is 11.5 Å². The van der Waals surface area contributed by atoms with Crippen LogP contribution in [0, 0.1) is 5.82 Å². The summed E-state index contributed by atoms with van der Waals surface area (Å²) in [7, 11) is 0. The van der Waals surface area contributed by atoms with E-state index in [2.05, 4.69) is 26.6 Å². The van der Waals surface area contributed by atoms with Gasteiger partial charge in [-0.2, -0.15) is 0 Å². The summed E-state index contributed by atoms with van der Waals surface area (Å²) in [5.41, 5.74) is -0.0733. The second-order valence-corrected chi connectivity index (χ2v) is 4.91. The van der Waals surface area contributed by atoms with Gasteiger partial charge in [-0.3, -0.25) is 9.59 Å². The van der Waals surface area contributed by atoms with E-state index in [9.17, 15) is 14.0 Å². The first-order valence-corrected chi connectivity index (χ1v) is 6.41. The molecule has 2 rings (SSSR count). The number of benzene rings is 1. The molecular formula is C12H12BrFN2O2. The zero-order chi connectivity index (χ0) is 13.1. The first-order chi connectivity index (χ1) is 8.59. The van der Waals surface area contributed by atoms with E-state index in [1.807, 2.05) is 0 Å². The standard InChI is InChI=1S/C12H12BrFN2O2/c13-7-3-1-4-8(14)10(7)12(18)16-9-5-2-6-15-11(9)17/h1,3-4,9H,2,5-6H2,(H,15,17)(H,16,18). The van der Waals surface area contributed by atoms with Crippen LogP contribution in [-0.2, 0) is 4.79 Å². The minimum atomic E-state index is -0.613. The topological polar surface area (TPSA) is 58.2 Å². The largest absolute Gasteiger partial charge is 0.354 e.